The lowest BCUT2D eigenvalue weighted by molar-refractivity contribution is 0.0972. The second-order valence-corrected chi connectivity index (χ2v) is 4.90. The van der Waals surface area contributed by atoms with E-state index in [-0.39, 0.29) is 5.78 Å². The van der Waals surface area contributed by atoms with Gasteiger partial charge in [0.05, 0.1) is 7.05 Å². The monoisotopic (exact) mass is 250 g/mol. The average Bonchev–Trinajstić information content (AvgIpc) is 2.80. The number of Topliss-reactive ketones (excluding diaryl/α,β-unsaturated/α-hetero) is 1. The van der Waals surface area contributed by atoms with Crippen molar-refractivity contribution in [3.8, 4) is 11.3 Å². The number of carbonyl (C=O) groups is 1. The molecule has 1 aromatic carbocycles. The number of rotatable bonds is 1. The van der Waals surface area contributed by atoms with Gasteiger partial charge in [0.2, 0.25) is 5.82 Å². The predicted molar refractivity (Wildman–Crippen MR) is 74.4 cm³/mol. The van der Waals surface area contributed by atoms with Crippen LogP contribution in [-0.2, 0) is 13.5 Å². The summed E-state index contributed by atoms with van der Waals surface area (Å²) in [6, 6.07) is 9.78. The van der Waals surface area contributed by atoms with Crippen LogP contribution in [0.4, 0.5) is 5.82 Å². The third-order valence-corrected chi connectivity index (χ3v) is 3.76. The van der Waals surface area contributed by atoms with Crippen molar-refractivity contribution in [1.29, 1.82) is 0 Å². The van der Waals surface area contributed by atoms with Gasteiger partial charge in [0.15, 0.2) is 5.78 Å². The Morgan fingerprint density at radius 3 is 2.79 bits per heavy atom. The van der Waals surface area contributed by atoms with Gasteiger partial charge in [-0.15, -0.1) is 0 Å². The van der Waals surface area contributed by atoms with Crippen LogP contribution in [0, 0.1) is 6.57 Å². The molecule has 3 heteroatoms. The number of aromatic nitrogens is 1. The molecule has 0 saturated carbocycles. The maximum absolute atomic E-state index is 11.8. The second kappa shape index (κ2) is 4.40. The topological polar surface area (TPSA) is 26.4 Å². The number of aryl methyl sites for hydroxylation is 1. The number of nitrogens with zero attached hydrogens (tertiary/aromatic N) is 2. The number of hydrogen-bond acceptors (Lipinski definition) is 1. The Kier molecular flexibility index (Phi) is 2.72. The highest BCUT2D eigenvalue weighted by Gasteiger charge is 2.18. The van der Waals surface area contributed by atoms with Crippen molar-refractivity contribution in [3.63, 3.8) is 0 Å². The van der Waals surface area contributed by atoms with Crippen molar-refractivity contribution in [2.24, 2.45) is 7.05 Å². The largest absolute Gasteiger partial charge is 0.364 e. The molecule has 2 aromatic rings. The first kappa shape index (κ1) is 11.7. The Morgan fingerprint density at radius 1 is 1.21 bits per heavy atom. The zero-order valence-corrected chi connectivity index (χ0v) is 10.8. The summed E-state index contributed by atoms with van der Waals surface area (Å²) in [5.41, 5.74) is 4.10. The first-order valence-corrected chi connectivity index (χ1v) is 6.40. The van der Waals surface area contributed by atoms with Crippen LogP contribution in [0.1, 0.15) is 28.8 Å². The maximum Gasteiger partial charge on any atom is 0.230 e. The van der Waals surface area contributed by atoms with E-state index in [1.165, 1.54) is 0 Å². The van der Waals surface area contributed by atoms with Crippen LogP contribution >= 0.6 is 0 Å². The Balaban J connectivity index is 2.10. The summed E-state index contributed by atoms with van der Waals surface area (Å²) in [4.78, 5) is 15.3. The number of fused-ring (bicyclic) bond motifs is 1. The van der Waals surface area contributed by atoms with Crippen LogP contribution in [-0.4, -0.2) is 10.4 Å². The maximum atomic E-state index is 11.8. The molecule has 0 N–H and O–H groups in total. The van der Waals surface area contributed by atoms with Gasteiger partial charge < -0.3 is 4.85 Å². The van der Waals surface area contributed by atoms with Gasteiger partial charge in [0.1, 0.15) is 5.69 Å². The lowest BCUT2D eigenvalue weighted by atomic mass is 9.89. The van der Waals surface area contributed by atoms with E-state index < -0.39 is 0 Å². The van der Waals surface area contributed by atoms with Gasteiger partial charge in [-0.2, -0.15) is 0 Å². The molecule has 3 nitrogen and oxygen atoms in total. The molecule has 19 heavy (non-hydrogen) atoms. The van der Waals surface area contributed by atoms with Crippen molar-refractivity contribution in [2.75, 3.05) is 0 Å². The highest BCUT2D eigenvalue weighted by atomic mass is 16.1. The third-order valence-electron chi connectivity index (χ3n) is 3.76. The molecule has 1 aliphatic carbocycles. The van der Waals surface area contributed by atoms with Crippen molar-refractivity contribution >= 4 is 11.6 Å². The van der Waals surface area contributed by atoms with E-state index in [0.717, 1.165) is 35.2 Å². The highest BCUT2D eigenvalue weighted by molar-refractivity contribution is 5.99. The average molecular weight is 250 g/mol. The number of hydrogen-bond donors (Lipinski definition) is 0. The molecule has 0 atom stereocenters. The Labute approximate surface area is 112 Å². The Morgan fingerprint density at radius 2 is 2.05 bits per heavy atom. The van der Waals surface area contributed by atoms with Crippen LogP contribution in [0.5, 0.6) is 0 Å². The van der Waals surface area contributed by atoms with Gasteiger partial charge in [0, 0.05) is 17.5 Å². The molecule has 1 heterocycles. The first-order chi connectivity index (χ1) is 9.20. The van der Waals surface area contributed by atoms with E-state index in [2.05, 4.69) is 10.9 Å². The summed E-state index contributed by atoms with van der Waals surface area (Å²) in [7, 11) is 1.90. The van der Waals surface area contributed by atoms with E-state index >= 15 is 0 Å². The fourth-order valence-corrected chi connectivity index (χ4v) is 2.71. The van der Waals surface area contributed by atoms with Gasteiger partial charge in [-0.25, -0.2) is 0 Å². The molecule has 3 rings (SSSR count). The van der Waals surface area contributed by atoms with Gasteiger partial charge in [-0.3, -0.25) is 9.36 Å². The van der Waals surface area contributed by atoms with Crippen molar-refractivity contribution in [1.82, 2.24) is 4.57 Å². The van der Waals surface area contributed by atoms with Crippen LogP contribution < -0.4 is 0 Å². The van der Waals surface area contributed by atoms with Crippen LogP contribution in [0.3, 0.4) is 0 Å². The number of carbonyl (C=O) groups excluding carboxylic acids is 1. The molecule has 0 radical (unpaired) electrons. The molecular formula is C16H14N2O. The van der Waals surface area contributed by atoms with E-state index in [4.69, 9.17) is 6.57 Å². The summed E-state index contributed by atoms with van der Waals surface area (Å²) < 4.78 is 1.89. The van der Waals surface area contributed by atoms with Gasteiger partial charge in [0.25, 0.3) is 0 Å². The molecule has 94 valence electrons. The Hall–Kier alpha value is -2.34. The fraction of sp³-hybridized carbons (Fsp3) is 0.250. The van der Waals surface area contributed by atoms with Crippen molar-refractivity contribution < 1.29 is 4.79 Å². The molecular weight excluding hydrogens is 236 g/mol. The minimum Gasteiger partial charge on any atom is -0.364 e. The van der Waals surface area contributed by atoms with Gasteiger partial charge in [-0.05, 0) is 36.6 Å². The molecule has 1 aromatic heterocycles. The molecule has 0 unspecified atom stereocenters. The molecule has 0 aliphatic heterocycles. The summed E-state index contributed by atoms with van der Waals surface area (Å²) in [6.07, 6.45) is 2.57. The summed E-state index contributed by atoms with van der Waals surface area (Å²) in [5.74, 6) is 0.880. The molecule has 0 amide bonds. The lowest BCUT2D eigenvalue weighted by Gasteiger charge is -2.15. The zero-order chi connectivity index (χ0) is 13.4. The predicted octanol–water partition coefficient (Wildman–Crippen LogP) is 3.76. The standard InChI is InChI=1S/C16H14N2O/c1-17-16-9-8-14(18(16)2)12-6-7-13-11(10-12)4-3-5-15(13)19/h6-10H,3-5H2,2H3. The van der Waals surface area contributed by atoms with Crippen LogP contribution in [0.2, 0.25) is 0 Å². The van der Waals surface area contributed by atoms with Gasteiger partial charge in [-0.1, -0.05) is 18.7 Å². The van der Waals surface area contributed by atoms with E-state index in [1.807, 2.05) is 35.9 Å². The number of benzene rings is 1. The summed E-state index contributed by atoms with van der Waals surface area (Å²) >= 11 is 0. The summed E-state index contributed by atoms with van der Waals surface area (Å²) in [5, 5.41) is 0. The van der Waals surface area contributed by atoms with E-state index in [9.17, 15) is 4.79 Å². The van der Waals surface area contributed by atoms with Crippen molar-refractivity contribution in [2.45, 2.75) is 19.3 Å². The van der Waals surface area contributed by atoms with E-state index in [0.29, 0.717) is 12.2 Å². The van der Waals surface area contributed by atoms with Gasteiger partial charge >= 0.3 is 0 Å². The van der Waals surface area contributed by atoms with Crippen molar-refractivity contribution in [3.05, 3.63) is 52.9 Å². The van der Waals surface area contributed by atoms with Crippen LogP contribution in [0.25, 0.3) is 16.1 Å². The molecule has 0 fully saturated rings. The first-order valence-electron chi connectivity index (χ1n) is 6.40. The lowest BCUT2D eigenvalue weighted by Crippen LogP contribution is -2.10. The second-order valence-electron chi connectivity index (χ2n) is 4.90. The molecule has 0 saturated heterocycles. The quantitative estimate of drug-likeness (QED) is 0.708. The summed E-state index contributed by atoms with van der Waals surface area (Å²) in [6.45, 7) is 7.10. The number of ketones is 1. The fourth-order valence-electron chi connectivity index (χ4n) is 2.71. The zero-order valence-electron chi connectivity index (χ0n) is 10.8. The van der Waals surface area contributed by atoms with E-state index in [1.54, 1.807) is 0 Å². The molecule has 0 spiro atoms. The normalized spacial score (nSPS) is 14.0. The third kappa shape index (κ3) is 1.86. The highest BCUT2D eigenvalue weighted by Crippen LogP contribution is 2.30. The SMILES string of the molecule is [C-]#[N+]c1ccc(-c2ccc3c(c2)CCCC3=O)n1C. The Bertz CT molecular complexity index is 704. The smallest absolute Gasteiger partial charge is 0.230 e. The molecule has 1 aliphatic rings. The minimum absolute atomic E-state index is 0.251. The van der Waals surface area contributed by atoms with Crippen LogP contribution in [0.15, 0.2) is 30.3 Å². The molecule has 0 bridgehead atoms. The minimum atomic E-state index is 0.251.